The van der Waals surface area contributed by atoms with Crippen LogP contribution in [-0.2, 0) is 6.42 Å². The molecule has 0 saturated carbocycles. The van der Waals surface area contributed by atoms with Gasteiger partial charge < -0.3 is 15.6 Å². The molecule has 0 bridgehead atoms. The lowest BCUT2D eigenvalue weighted by Crippen LogP contribution is -1.99. The fourth-order valence-electron chi connectivity index (χ4n) is 1.50. The Morgan fingerprint density at radius 3 is 2.80 bits per heavy atom. The van der Waals surface area contributed by atoms with Gasteiger partial charge in [-0.15, -0.1) is 0 Å². The first kappa shape index (κ1) is 11.9. The lowest BCUT2D eigenvalue weighted by Gasteiger charge is -2.09. The van der Waals surface area contributed by atoms with E-state index in [1.807, 2.05) is 19.1 Å². The molecule has 0 fully saturated rings. The number of unbranched alkanes of at least 4 members (excludes halogenated alkanes) is 1. The number of phenols is 1. The second-order valence-electron chi connectivity index (χ2n) is 3.44. The molecule has 0 aliphatic carbocycles. The molecule has 3 nitrogen and oxygen atoms in total. The first-order valence-electron chi connectivity index (χ1n) is 5.43. The predicted octanol–water partition coefficient (Wildman–Crippen LogP) is 2.07. The van der Waals surface area contributed by atoms with Crippen LogP contribution in [-0.4, -0.2) is 18.3 Å². The van der Waals surface area contributed by atoms with Crippen molar-refractivity contribution in [2.45, 2.75) is 26.2 Å². The second kappa shape index (κ2) is 6.30. The zero-order valence-corrected chi connectivity index (χ0v) is 9.20. The van der Waals surface area contributed by atoms with Crippen LogP contribution in [0.2, 0.25) is 0 Å². The van der Waals surface area contributed by atoms with Crippen molar-refractivity contribution in [3.8, 4) is 11.5 Å². The molecule has 1 aromatic rings. The van der Waals surface area contributed by atoms with E-state index in [0.717, 1.165) is 24.8 Å². The van der Waals surface area contributed by atoms with Gasteiger partial charge in [-0.2, -0.15) is 0 Å². The summed E-state index contributed by atoms with van der Waals surface area (Å²) in [6.45, 7) is 3.17. The molecule has 0 radical (unpaired) electrons. The molecule has 0 aromatic heterocycles. The number of ether oxygens (including phenoxy) is 1. The van der Waals surface area contributed by atoms with E-state index in [-0.39, 0.29) is 5.75 Å². The first-order chi connectivity index (χ1) is 7.29. The van der Waals surface area contributed by atoms with Gasteiger partial charge >= 0.3 is 0 Å². The monoisotopic (exact) mass is 209 g/mol. The van der Waals surface area contributed by atoms with E-state index in [2.05, 4.69) is 0 Å². The highest BCUT2D eigenvalue weighted by Gasteiger charge is 2.06. The van der Waals surface area contributed by atoms with E-state index >= 15 is 0 Å². The number of rotatable bonds is 6. The number of phenolic OH excluding ortho intramolecular Hbond substituents is 1. The van der Waals surface area contributed by atoms with E-state index in [9.17, 15) is 5.11 Å². The summed E-state index contributed by atoms with van der Waals surface area (Å²) in [6.07, 6.45) is 2.84. The molecule has 0 atom stereocenters. The molecule has 3 heteroatoms. The summed E-state index contributed by atoms with van der Waals surface area (Å²) in [5.41, 5.74) is 6.36. The lowest BCUT2D eigenvalue weighted by atomic mass is 10.1. The molecule has 1 rings (SSSR count). The molecule has 0 heterocycles. The van der Waals surface area contributed by atoms with Crippen LogP contribution in [0, 0.1) is 0 Å². The Kier molecular flexibility index (Phi) is 4.98. The van der Waals surface area contributed by atoms with Crippen LogP contribution in [0.15, 0.2) is 18.2 Å². The minimum atomic E-state index is 0.274. The Morgan fingerprint density at radius 1 is 1.33 bits per heavy atom. The van der Waals surface area contributed by atoms with Gasteiger partial charge in [-0.3, -0.25) is 0 Å². The average molecular weight is 209 g/mol. The molecule has 15 heavy (non-hydrogen) atoms. The Bertz CT molecular complexity index is 300. The standard InChI is InChI=1S/C12H19NO2/c1-2-15-11-8-5-7-10(12(11)14)6-3-4-9-13/h5,7-8,14H,2-4,6,9,13H2,1H3. The van der Waals surface area contributed by atoms with Crippen molar-refractivity contribution in [1.29, 1.82) is 0 Å². The summed E-state index contributed by atoms with van der Waals surface area (Å²) < 4.78 is 5.31. The van der Waals surface area contributed by atoms with Crippen LogP contribution < -0.4 is 10.5 Å². The third kappa shape index (κ3) is 3.44. The van der Waals surface area contributed by atoms with Crippen molar-refractivity contribution >= 4 is 0 Å². The summed E-state index contributed by atoms with van der Waals surface area (Å²) in [5.74, 6) is 0.846. The number of hydrogen-bond acceptors (Lipinski definition) is 3. The second-order valence-corrected chi connectivity index (χ2v) is 3.44. The molecule has 0 spiro atoms. The van der Waals surface area contributed by atoms with Gasteiger partial charge in [0.2, 0.25) is 0 Å². The van der Waals surface area contributed by atoms with Crippen molar-refractivity contribution in [1.82, 2.24) is 0 Å². The van der Waals surface area contributed by atoms with E-state index in [0.29, 0.717) is 18.9 Å². The molecular formula is C12H19NO2. The summed E-state index contributed by atoms with van der Waals surface area (Å²) >= 11 is 0. The Morgan fingerprint density at radius 2 is 2.13 bits per heavy atom. The number of benzene rings is 1. The third-order valence-electron chi connectivity index (χ3n) is 2.28. The van der Waals surface area contributed by atoms with E-state index in [1.54, 1.807) is 6.07 Å². The quantitative estimate of drug-likeness (QED) is 0.705. The smallest absolute Gasteiger partial charge is 0.161 e. The highest BCUT2D eigenvalue weighted by molar-refractivity contribution is 5.45. The minimum Gasteiger partial charge on any atom is -0.504 e. The summed E-state index contributed by atoms with van der Waals surface area (Å²) in [6, 6.07) is 5.61. The van der Waals surface area contributed by atoms with Crippen LogP contribution >= 0.6 is 0 Å². The van der Waals surface area contributed by atoms with Gasteiger partial charge in [0.15, 0.2) is 11.5 Å². The summed E-state index contributed by atoms with van der Waals surface area (Å²) in [4.78, 5) is 0. The van der Waals surface area contributed by atoms with Gasteiger partial charge in [-0.25, -0.2) is 0 Å². The lowest BCUT2D eigenvalue weighted by molar-refractivity contribution is 0.316. The van der Waals surface area contributed by atoms with Gasteiger partial charge in [0.25, 0.3) is 0 Å². The van der Waals surface area contributed by atoms with Gasteiger partial charge in [-0.1, -0.05) is 12.1 Å². The normalized spacial score (nSPS) is 10.3. The fourth-order valence-corrected chi connectivity index (χ4v) is 1.50. The van der Waals surface area contributed by atoms with E-state index < -0.39 is 0 Å². The SMILES string of the molecule is CCOc1cccc(CCCCN)c1O. The number of aromatic hydroxyl groups is 1. The molecule has 0 amide bonds. The first-order valence-corrected chi connectivity index (χ1v) is 5.43. The zero-order valence-electron chi connectivity index (χ0n) is 9.20. The van der Waals surface area contributed by atoms with Crippen molar-refractivity contribution in [2.75, 3.05) is 13.2 Å². The molecule has 1 aromatic carbocycles. The Balaban J connectivity index is 2.66. The largest absolute Gasteiger partial charge is 0.504 e. The van der Waals surface area contributed by atoms with Crippen molar-refractivity contribution in [2.24, 2.45) is 5.73 Å². The Labute approximate surface area is 90.9 Å². The summed E-state index contributed by atoms with van der Waals surface area (Å²) in [5, 5.41) is 9.86. The molecular weight excluding hydrogens is 190 g/mol. The average Bonchev–Trinajstić information content (AvgIpc) is 2.24. The van der Waals surface area contributed by atoms with Crippen LogP contribution in [0.4, 0.5) is 0 Å². The molecule has 0 saturated heterocycles. The van der Waals surface area contributed by atoms with E-state index in [1.165, 1.54) is 0 Å². The predicted molar refractivity (Wildman–Crippen MR) is 61.3 cm³/mol. The maximum absolute atomic E-state index is 9.86. The topological polar surface area (TPSA) is 55.5 Å². The third-order valence-corrected chi connectivity index (χ3v) is 2.28. The van der Waals surface area contributed by atoms with Gasteiger partial charge in [-0.05, 0) is 44.4 Å². The molecule has 0 aliphatic heterocycles. The summed E-state index contributed by atoms with van der Waals surface area (Å²) in [7, 11) is 0. The van der Waals surface area contributed by atoms with Crippen LogP contribution in [0.25, 0.3) is 0 Å². The van der Waals surface area contributed by atoms with Gasteiger partial charge in [0.05, 0.1) is 6.61 Å². The van der Waals surface area contributed by atoms with Gasteiger partial charge in [0, 0.05) is 0 Å². The van der Waals surface area contributed by atoms with Crippen molar-refractivity contribution in [3.05, 3.63) is 23.8 Å². The highest BCUT2D eigenvalue weighted by Crippen LogP contribution is 2.30. The molecule has 0 aliphatic rings. The fraction of sp³-hybridized carbons (Fsp3) is 0.500. The van der Waals surface area contributed by atoms with Crippen molar-refractivity contribution in [3.63, 3.8) is 0 Å². The van der Waals surface area contributed by atoms with Crippen molar-refractivity contribution < 1.29 is 9.84 Å². The maximum atomic E-state index is 9.86. The Hall–Kier alpha value is -1.22. The van der Waals surface area contributed by atoms with E-state index in [4.69, 9.17) is 10.5 Å². The van der Waals surface area contributed by atoms with Gasteiger partial charge in [0.1, 0.15) is 0 Å². The number of para-hydroxylation sites is 1. The zero-order chi connectivity index (χ0) is 11.1. The number of nitrogens with two attached hydrogens (primary N) is 1. The molecule has 84 valence electrons. The minimum absolute atomic E-state index is 0.274. The molecule has 0 unspecified atom stereocenters. The van der Waals surface area contributed by atoms with Crippen LogP contribution in [0.1, 0.15) is 25.3 Å². The highest BCUT2D eigenvalue weighted by atomic mass is 16.5. The van der Waals surface area contributed by atoms with Crippen LogP contribution in [0.5, 0.6) is 11.5 Å². The maximum Gasteiger partial charge on any atom is 0.161 e. The number of hydrogen-bond donors (Lipinski definition) is 2. The van der Waals surface area contributed by atoms with Crippen LogP contribution in [0.3, 0.4) is 0 Å². The number of aryl methyl sites for hydroxylation is 1. The molecule has 3 N–H and O–H groups in total.